The van der Waals surface area contributed by atoms with Gasteiger partial charge in [-0.3, -0.25) is 0 Å². The molecule has 1 fully saturated rings. The molecule has 1 aliphatic rings. The van der Waals surface area contributed by atoms with Crippen molar-refractivity contribution in [1.82, 2.24) is 0 Å². The third-order valence-corrected chi connectivity index (χ3v) is 10.6. The molecule has 0 N–H and O–H groups in total. The Bertz CT molecular complexity index is 827. The van der Waals surface area contributed by atoms with E-state index in [2.05, 4.69) is 91.5 Å². The Kier molecular flexibility index (Phi) is 6.60. The zero-order valence-electron chi connectivity index (χ0n) is 17.2. The van der Waals surface area contributed by atoms with Crippen molar-refractivity contribution in [2.24, 2.45) is 0 Å². The van der Waals surface area contributed by atoms with Gasteiger partial charge < -0.3 is 9.47 Å². The second-order valence-electron chi connectivity index (χ2n) is 8.23. The molecular formula is C26H30O2Si. The van der Waals surface area contributed by atoms with Crippen LogP contribution in [0.15, 0.2) is 91.0 Å². The fourth-order valence-corrected chi connectivity index (χ4v) is 8.28. The minimum atomic E-state index is -1.85. The van der Waals surface area contributed by atoms with Crippen LogP contribution in [0.4, 0.5) is 0 Å². The average molecular weight is 403 g/mol. The predicted octanol–water partition coefficient (Wildman–Crippen LogP) is 4.64. The minimum absolute atomic E-state index is 0.216. The number of benzene rings is 3. The largest absolute Gasteiger partial charge is 0.374 e. The van der Waals surface area contributed by atoms with E-state index in [1.165, 1.54) is 15.9 Å². The van der Waals surface area contributed by atoms with E-state index >= 15 is 0 Å². The Morgan fingerprint density at radius 2 is 1.28 bits per heavy atom. The lowest BCUT2D eigenvalue weighted by Crippen LogP contribution is -2.57. The highest BCUT2D eigenvalue weighted by molar-refractivity contribution is 7.01. The van der Waals surface area contributed by atoms with E-state index in [0.717, 1.165) is 18.9 Å². The van der Waals surface area contributed by atoms with Gasteiger partial charge in [-0.05, 0) is 24.4 Å². The molecule has 1 saturated heterocycles. The fraction of sp³-hybridized carbons (Fsp3) is 0.308. The SMILES string of the molecule is C[Si](C[C@H]1CC[C@H](COCc2ccccc2)O1)(c1ccccc1)c1ccccc1. The van der Waals surface area contributed by atoms with Crippen molar-refractivity contribution in [2.75, 3.05) is 6.61 Å². The number of ether oxygens (including phenoxy) is 2. The molecule has 4 rings (SSSR count). The van der Waals surface area contributed by atoms with E-state index in [1.807, 2.05) is 6.07 Å². The molecule has 1 aliphatic heterocycles. The number of hydrogen-bond acceptors (Lipinski definition) is 2. The van der Waals surface area contributed by atoms with Crippen molar-refractivity contribution >= 4 is 18.4 Å². The van der Waals surface area contributed by atoms with Crippen LogP contribution >= 0.6 is 0 Å². The lowest BCUT2D eigenvalue weighted by Gasteiger charge is -2.31. The molecule has 0 aromatic heterocycles. The summed E-state index contributed by atoms with van der Waals surface area (Å²) in [7, 11) is -1.85. The highest BCUT2D eigenvalue weighted by Gasteiger charge is 2.37. The first kappa shape index (κ1) is 20.1. The van der Waals surface area contributed by atoms with Gasteiger partial charge in [0, 0.05) is 0 Å². The summed E-state index contributed by atoms with van der Waals surface area (Å²) in [6.07, 6.45) is 2.75. The van der Waals surface area contributed by atoms with Gasteiger partial charge in [0.05, 0.1) is 25.4 Å². The molecule has 0 radical (unpaired) electrons. The molecule has 0 aliphatic carbocycles. The normalized spacial score (nSPS) is 19.3. The van der Waals surface area contributed by atoms with Gasteiger partial charge in [-0.1, -0.05) is 108 Å². The summed E-state index contributed by atoms with van der Waals surface area (Å²) in [6.45, 7) is 3.83. The van der Waals surface area contributed by atoms with Crippen LogP contribution in [-0.2, 0) is 16.1 Å². The van der Waals surface area contributed by atoms with Crippen LogP contribution in [0, 0.1) is 0 Å². The maximum Gasteiger partial charge on any atom is 0.117 e. The van der Waals surface area contributed by atoms with Crippen molar-refractivity contribution in [2.45, 2.75) is 44.2 Å². The van der Waals surface area contributed by atoms with E-state index < -0.39 is 8.07 Å². The second kappa shape index (κ2) is 9.53. The van der Waals surface area contributed by atoms with Gasteiger partial charge in [-0.15, -0.1) is 0 Å². The van der Waals surface area contributed by atoms with E-state index in [4.69, 9.17) is 9.47 Å². The predicted molar refractivity (Wildman–Crippen MR) is 123 cm³/mol. The fourth-order valence-electron chi connectivity index (χ4n) is 4.41. The summed E-state index contributed by atoms with van der Waals surface area (Å²) in [5.41, 5.74) is 1.22. The molecule has 3 aromatic carbocycles. The van der Waals surface area contributed by atoms with Crippen LogP contribution in [0.1, 0.15) is 18.4 Å². The first-order chi connectivity index (χ1) is 14.2. The molecule has 0 saturated carbocycles. The lowest BCUT2D eigenvalue weighted by molar-refractivity contribution is -0.0144. The molecule has 150 valence electrons. The standard InChI is InChI=1S/C26H30O2Si/c1-29(25-13-7-3-8-14-25,26-15-9-4-10-16-26)21-24-18-17-23(28-24)20-27-19-22-11-5-2-6-12-22/h2-16,23-24H,17-21H2,1H3/t23-,24-/m1/s1. The third kappa shape index (κ3) is 5.05. The molecule has 2 atom stereocenters. The summed E-state index contributed by atoms with van der Waals surface area (Å²) >= 11 is 0. The van der Waals surface area contributed by atoms with Crippen LogP contribution in [0.5, 0.6) is 0 Å². The third-order valence-electron chi connectivity index (χ3n) is 6.07. The molecule has 3 aromatic rings. The van der Waals surface area contributed by atoms with Crippen LogP contribution in [0.25, 0.3) is 0 Å². The smallest absolute Gasteiger partial charge is 0.117 e. The lowest BCUT2D eigenvalue weighted by atomic mass is 10.2. The Morgan fingerprint density at radius 1 is 0.759 bits per heavy atom. The first-order valence-corrected chi connectivity index (χ1v) is 13.3. The summed E-state index contributed by atoms with van der Waals surface area (Å²) in [6, 6.07) is 33.6. The van der Waals surface area contributed by atoms with Crippen LogP contribution < -0.4 is 10.4 Å². The molecule has 0 bridgehead atoms. The maximum atomic E-state index is 6.45. The highest BCUT2D eigenvalue weighted by atomic mass is 28.3. The average Bonchev–Trinajstić information content (AvgIpc) is 3.22. The second-order valence-corrected chi connectivity index (χ2v) is 12.5. The molecule has 29 heavy (non-hydrogen) atoms. The Morgan fingerprint density at radius 3 is 1.86 bits per heavy atom. The molecule has 0 spiro atoms. The van der Waals surface area contributed by atoms with Crippen molar-refractivity contribution in [1.29, 1.82) is 0 Å². The Balaban J connectivity index is 1.39. The summed E-state index contributed by atoms with van der Waals surface area (Å²) in [5, 5.41) is 2.97. The Hall–Kier alpha value is -2.20. The zero-order chi connectivity index (χ0) is 19.9. The van der Waals surface area contributed by atoms with Gasteiger partial charge in [0.1, 0.15) is 8.07 Å². The topological polar surface area (TPSA) is 18.5 Å². The molecule has 0 unspecified atom stereocenters. The quantitative estimate of drug-likeness (QED) is 0.511. The van der Waals surface area contributed by atoms with Crippen molar-refractivity contribution < 1.29 is 9.47 Å². The van der Waals surface area contributed by atoms with E-state index in [0.29, 0.717) is 19.3 Å². The van der Waals surface area contributed by atoms with Gasteiger partial charge in [-0.25, -0.2) is 0 Å². The summed E-state index contributed by atoms with van der Waals surface area (Å²) < 4.78 is 12.4. The highest BCUT2D eigenvalue weighted by Crippen LogP contribution is 2.27. The van der Waals surface area contributed by atoms with Crippen molar-refractivity contribution in [3.63, 3.8) is 0 Å². The monoisotopic (exact) mass is 402 g/mol. The van der Waals surface area contributed by atoms with Gasteiger partial charge in [0.2, 0.25) is 0 Å². The van der Waals surface area contributed by atoms with Crippen LogP contribution in [0.3, 0.4) is 0 Å². The molecule has 0 amide bonds. The molecular weight excluding hydrogens is 372 g/mol. The number of hydrogen-bond donors (Lipinski definition) is 0. The zero-order valence-corrected chi connectivity index (χ0v) is 18.2. The number of rotatable bonds is 8. The van der Waals surface area contributed by atoms with Gasteiger partial charge in [0.15, 0.2) is 0 Å². The van der Waals surface area contributed by atoms with Crippen molar-refractivity contribution in [3.8, 4) is 0 Å². The van der Waals surface area contributed by atoms with Gasteiger partial charge in [0.25, 0.3) is 0 Å². The maximum absolute atomic E-state index is 6.45. The summed E-state index contributed by atoms with van der Waals surface area (Å²) in [5.74, 6) is 0. The first-order valence-electron chi connectivity index (χ1n) is 10.6. The van der Waals surface area contributed by atoms with Gasteiger partial charge in [-0.2, -0.15) is 0 Å². The molecule has 3 heteroatoms. The minimum Gasteiger partial charge on any atom is -0.374 e. The molecule has 2 nitrogen and oxygen atoms in total. The van der Waals surface area contributed by atoms with Crippen molar-refractivity contribution in [3.05, 3.63) is 96.6 Å². The van der Waals surface area contributed by atoms with Gasteiger partial charge >= 0.3 is 0 Å². The van der Waals surface area contributed by atoms with Crippen LogP contribution in [0.2, 0.25) is 12.6 Å². The summed E-state index contributed by atoms with van der Waals surface area (Å²) in [4.78, 5) is 0. The molecule has 1 heterocycles. The van der Waals surface area contributed by atoms with Crippen LogP contribution in [-0.4, -0.2) is 26.9 Å². The van der Waals surface area contributed by atoms with E-state index in [-0.39, 0.29) is 6.10 Å². The Labute approximate surface area is 175 Å². The van der Waals surface area contributed by atoms with E-state index in [1.54, 1.807) is 0 Å². The van der Waals surface area contributed by atoms with E-state index in [9.17, 15) is 0 Å².